The van der Waals surface area contributed by atoms with Gasteiger partial charge in [-0.15, -0.1) is 12.4 Å². The largest absolute Gasteiger partial charge is 0.298 e. The molecule has 1 aliphatic heterocycles. The van der Waals surface area contributed by atoms with Gasteiger partial charge in [0.05, 0.1) is 17.4 Å². The molecule has 1 atom stereocenters. The van der Waals surface area contributed by atoms with Gasteiger partial charge in [0.25, 0.3) is 0 Å². The van der Waals surface area contributed by atoms with Crippen LogP contribution in [0.1, 0.15) is 30.3 Å². The van der Waals surface area contributed by atoms with Crippen LogP contribution < -0.4 is 0 Å². The molecule has 1 saturated heterocycles. The Balaban J connectivity index is 0.000000845. The molecule has 1 fully saturated rings. The lowest BCUT2D eigenvalue weighted by Gasteiger charge is -2.16. The summed E-state index contributed by atoms with van der Waals surface area (Å²) in [5.74, 6) is 0. The van der Waals surface area contributed by atoms with Gasteiger partial charge < -0.3 is 0 Å². The Bertz CT molecular complexity index is 272. The zero-order valence-electron chi connectivity index (χ0n) is 8.08. The molecule has 0 aromatic carbocycles. The molecule has 0 amide bonds. The quantitative estimate of drug-likeness (QED) is 0.753. The van der Waals surface area contributed by atoms with Crippen molar-refractivity contribution < 1.29 is 0 Å². The summed E-state index contributed by atoms with van der Waals surface area (Å²) in [5, 5.41) is 7.23. The highest BCUT2D eigenvalue weighted by atomic mass is 35.5. The number of hydrogen-bond acceptors (Lipinski definition) is 2. The minimum Gasteiger partial charge on any atom is -0.298 e. The number of hydrogen-bond donors (Lipinski definition) is 1. The van der Waals surface area contributed by atoms with Gasteiger partial charge in [-0.1, -0.05) is 0 Å². The minimum absolute atomic E-state index is 0. The average molecular weight is 202 g/mol. The molecule has 3 nitrogen and oxygen atoms in total. The summed E-state index contributed by atoms with van der Waals surface area (Å²) in [4.78, 5) is 2.38. The predicted octanol–water partition coefficient (Wildman–Crippen LogP) is 1.91. The van der Waals surface area contributed by atoms with Crippen molar-refractivity contribution in [1.29, 1.82) is 0 Å². The van der Waals surface area contributed by atoms with E-state index in [0.717, 1.165) is 5.69 Å². The van der Waals surface area contributed by atoms with Gasteiger partial charge in [0.15, 0.2) is 0 Å². The molecule has 4 heteroatoms. The highest BCUT2D eigenvalue weighted by Gasteiger charge is 2.23. The van der Waals surface area contributed by atoms with Crippen molar-refractivity contribution in [2.24, 2.45) is 0 Å². The fourth-order valence-corrected chi connectivity index (χ4v) is 1.92. The summed E-state index contributed by atoms with van der Waals surface area (Å²) in [5.41, 5.74) is 2.36. The van der Waals surface area contributed by atoms with E-state index in [1.807, 2.05) is 6.92 Å². The van der Waals surface area contributed by atoms with E-state index >= 15 is 0 Å². The van der Waals surface area contributed by atoms with Crippen molar-refractivity contribution in [2.75, 3.05) is 13.6 Å². The monoisotopic (exact) mass is 201 g/mol. The van der Waals surface area contributed by atoms with E-state index in [1.54, 1.807) is 0 Å². The molecule has 0 bridgehead atoms. The number of rotatable bonds is 1. The molecule has 0 radical (unpaired) electrons. The molecule has 1 aromatic rings. The van der Waals surface area contributed by atoms with Gasteiger partial charge in [0, 0.05) is 0 Å². The van der Waals surface area contributed by atoms with Crippen molar-refractivity contribution in [3.63, 3.8) is 0 Å². The number of aromatic amines is 1. The fraction of sp³-hybridized carbons (Fsp3) is 0.667. The van der Waals surface area contributed by atoms with Gasteiger partial charge in [-0.25, -0.2) is 0 Å². The van der Waals surface area contributed by atoms with E-state index in [4.69, 9.17) is 0 Å². The van der Waals surface area contributed by atoms with Crippen LogP contribution in [0.3, 0.4) is 0 Å². The Hall–Kier alpha value is -0.540. The van der Waals surface area contributed by atoms with Gasteiger partial charge in [0.2, 0.25) is 0 Å². The number of nitrogens with zero attached hydrogens (tertiary/aromatic N) is 2. The zero-order valence-corrected chi connectivity index (χ0v) is 8.90. The normalized spacial score (nSPS) is 23.1. The molecule has 2 heterocycles. The van der Waals surface area contributed by atoms with E-state index < -0.39 is 0 Å². The molecular weight excluding hydrogens is 186 g/mol. The molecule has 13 heavy (non-hydrogen) atoms. The van der Waals surface area contributed by atoms with Crippen molar-refractivity contribution in [3.05, 3.63) is 17.5 Å². The first-order valence-corrected chi connectivity index (χ1v) is 4.49. The summed E-state index contributed by atoms with van der Waals surface area (Å²) < 4.78 is 0. The first-order valence-electron chi connectivity index (χ1n) is 4.49. The van der Waals surface area contributed by atoms with Crippen LogP contribution in [0.15, 0.2) is 6.07 Å². The van der Waals surface area contributed by atoms with Crippen molar-refractivity contribution in [1.82, 2.24) is 15.1 Å². The average Bonchev–Trinajstić information content (AvgIpc) is 2.58. The molecule has 0 unspecified atom stereocenters. The Labute approximate surface area is 84.9 Å². The maximum absolute atomic E-state index is 4.14. The zero-order chi connectivity index (χ0) is 8.55. The third-order valence-corrected chi connectivity index (χ3v) is 2.61. The fourth-order valence-electron chi connectivity index (χ4n) is 1.92. The summed E-state index contributed by atoms with van der Waals surface area (Å²) in [7, 11) is 2.17. The highest BCUT2D eigenvalue weighted by Crippen LogP contribution is 2.28. The van der Waals surface area contributed by atoms with Crippen LogP contribution in [-0.4, -0.2) is 28.7 Å². The van der Waals surface area contributed by atoms with Gasteiger partial charge in [0.1, 0.15) is 0 Å². The van der Waals surface area contributed by atoms with Gasteiger partial charge >= 0.3 is 0 Å². The maximum Gasteiger partial charge on any atom is 0.0594 e. The lowest BCUT2D eigenvalue weighted by molar-refractivity contribution is 0.311. The summed E-state index contributed by atoms with van der Waals surface area (Å²) in [6.07, 6.45) is 2.57. The van der Waals surface area contributed by atoms with Gasteiger partial charge in [-0.2, -0.15) is 5.10 Å². The summed E-state index contributed by atoms with van der Waals surface area (Å²) in [6, 6.07) is 2.72. The Kier molecular flexibility index (Phi) is 3.33. The molecule has 0 spiro atoms. The predicted molar refractivity (Wildman–Crippen MR) is 55.2 cm³/mol. The topological polar surface area (TPSA) is 31.9 Å². The SMILES string of the molecule is Cc1cc([C@@H]2CCCN2C)[nH]n1.Cl. The van der Waals surface area contributed by atoms with Crippen molar-refractivity contribution in [3.8, 4) is 0 Å². The summed E-state index contributed by atoms with van der Waals surface area (Å²) >= 11 is 0. The van der Waals surface area contributed by atoms with Crippen LogP contribution >= 0.6 is 12.4 Å². The molecule has 2 rings (SSSR count). The highest BCUT2D eigenvalue weighted by molar-refractivity contribution is 5.85. The second-order valence-electron chi connectivity index (χ2n) is 3.60. The van der Waals surface area contributed by atoms with Crippen LogP contribution in [0.5, 0.6) is 0 Å². The number of aryl methyl sites for hydroxylation is 1. The molecule has 1 aromatic heterocycles. The van der Waals surface area contributed by atoms with Crippen LogP contribution in [0, 0.1) is 6.92 Å². The van der Waals surface area contributed by atoms with Gasteiger partial charge in [-0.05, 0) is 39.4 Å². The Morgan fingerprint density at radius 1 is 1.62 bits per heavy atom. The first-order chi connectivity index (χ1) is 5.77. The van der Waals surface area contributed by atoms with Crippen LogP contribution in [0.2, 0.25) is 0 Å². The molecular formula is C9H16ClN3. The second kappa shape index (κ2) is 4.11. The lowest BCUT2D eigenvalue weighted by atomic mass is 10.1. The Morgan fingerprint density at radius 2 is 2.38 bits per heavy atom. The third-order valence-electron chi connectivity index (χ3n) is 2.61. The van der Waals surface area contributed by atoms with E-state index in [1.165, 1.54) is 25.1 Å². The molecule has 1 aliphatic rings. The molecule has 0 saturated carbocycles. The van der Waals surface area contributed by atoms with E-state index in [9.17, 15) is 0 Å². The number of likely N-dealkylation sites (tertiary alicyclic amines) is 1. The van der Waals surface area contributed by atoms with Crippen LogP contribution in [0.4, 0.5) is 0 Å². The van der Waals surface area contributed by atoms with Crippen LogP contribution in [-0.2, 0) is 0 Å². The second-order valence-corrected chi connectivity index (χ2v) is 3.60. The molecule has 1 N–H and O–H groups in total. The summed E-state index contributed by atoms with van der Waals surface area (Å²) in [6.45, 7) is 3.23. The third kappa shape index (κ3) is 2.03. The maximum atomic E-state index is 4.14. The van der Waals surface area contributed by atoms with E-state index in [-0.39, 0.29) is 12.4 Å². The lowest BCUT2D eigenvalue weighted by Crippen LogP contribution is -2.17. The van der Waals surface area contributed by atoms with Crippen molar-refractivity contribution >= 4 is 12.4 Å². The standard InChI is InChI=1S/C9H15N3.ClH/c1-7-6-8(11-10-7)9-4-3-5-12(9)2;/h6,9H,3-5H2,1-2H3,(H,10,11);1H/t9-;/m0./s1. The van der Waals surface area contributed by atoms with E-state index in [0.29, 0.717) is 6.04 Å². The molecule has 74 valence electrons. The van der Waals surface area contributed by atoms with Gasteiger partial charge in [-0.3, -0.25) is 10.00 Å². The Morgan fingerprint density at radius 3 is 2.85 bits per heavy atom. The van der Waals surface area contributed by atoms with Crippen molar-refractivity contribution in [2.45, 2.75) is 25.8 Å². The first kappa shape index (κ1) is 10.5. The minimum atomic E-state index is 0. The number of nitrogens with one attached hydrogen (secondary N) is 1. The number of H-pyrrole nitrogens is 1. The number of halogens is 1. The smallest absolute Gasteiger partial charge is 0.0594 e. The van der Waals surface area contributed by atoms with Crippen LogP contribution in [0.25, 0.3) is 0 Å². The number of aromatic nitrogens is 2. The molecule has 0 aliphatic carbocycles. The van der Waals surface area contributed by atoms with E-state index in [2.05, 4.69) is 28.2 Å².